The van der Waals surface area contributed by atoms with Crippen molar-refractivity contribution < 1.29 is 33.8 Å². The summed E-state index contributed by atoms with van der Waals surface area (Å²) in [7, 11) is 0. The van der Waals surface area contributed by atoms with Gasteiger partial charge in [0.2, 0.25) is 5.91 Å². The van der Waals surface area contributed by atoms with Gasteiger partial charge in [0.25, 0.3) is 0 Å². The van der Waals surface area contributed by atoms with Crippen LogP contribution >= 0.6 is 0 Å². The molecule has 9 heteroatoms. The average molecular weight is 483 g/mol. The molecule has 9 nitrogen and oxygen atoms in total. The van der Waals surface area contributed by atoms with Crippen LogP contribution in [-0.2, 0) is 23.9 Å². The second-order valence-corrected chi connectivity index (χ2v) is 9.25. The van der Waals surface area contributed by atoms with Gasteiger partial charge in [0, 0.05) is 18.9 Å². The highest BCUT2D eigenvalue weighted by Gasteiger charge is 2.30. The van der Waals surface area contributed by atoms with E-state index in [1.165, 1.54) is 0 Å². The van der Waals surface area contributed by atoms with E-state index in [2.05, 4.69) is 10.6 Å². The van der Waals surface area contributed by atoms with Crippen LogP contribution in [0.2, 0.25) is 0 Å². The van der Waals surface area contributed by atoms with E-state index in [0.29, 0.717) is 0 Å². The van der Waals surface area contributed by atoms with Crippen LogP contribution in [0.4, 0.5) is 4.79 Å². The van der Waals surface area contributed by atoms with Gasteiger partial charge >= 0.3 is 18.0 Å². The predicted octanol–water partition coefficient (Wildman–Crippen LogP) is 3.22. The summed E-state index contributed by atoms with van der Waals surface area (Å²) in [6, 6.07) is 14.6. The van der Waals surface area contributed by atoms with E-state index < -0.39 is 42.0 Å². The molecule has 2 amide bonds. The first-order valence-corrected chi connectivity index (χ1v) is 11.4. The Bertz CT molecular complexity index is 1060. The number of rotatable bonds is 9. The van der Waals surface area contributed by atoms with E-state index in [1.54, 1.807) is 20.8 Å². The molecule has 3 N–H and O–H groups in total. The molecule has 0 unspecified atom stereocenters. The molecule has 0 aliphatic heterocycles. The largest absolute Gasteiger partial charge is 0.481 e. The third-order valence-corrected chi connectivity index (χ3v) is 5.37. The molecule has 0 bridgehead atoms. The van der Waals surface area contributed by atoms with Crippen molar-refractivity contribution in [1.29, 1.82) is 0 Å². The summed E-state index contributed by atoms with van der Waals surface area (Å²) in [6.07, 6.45) is -1.45. The summed E-state index contributed by atoms with van der Waals surface area (Å²) in [5, 5.41) is 13.9. The summed E-state index contributed by atoms with van der Waals surface area (Å²) in [4.78, 5) is 47.7. The molecule has 1 aliphatic carbocycles. The van der Waals surface area contributed by atoms with Crippen LogP contribution in [0, 0.1) is 0 Å². The van der Waals surface area contributed by atoms with Gasteiger partial charge in [0.15, 0.2) is 0 Å². The van der Waals surface area contributed by atoms with Gasteiger partial charge in [-0.2, -0.15) is 0 Å². The lowest BCUT2D eigenvalue weighted by Crippen LogP contribution is -2.46. The maximum absolute atomic E-state index is 12.2. The number of amides is 2. The van der Waals surface area contributed by atoms with Crippen molar-refractivity contribution in [3.8, 4) is 11.1 Å². The Kier molecular flexibility index (Phi) is 8.11. The lowest BCUT2D eigenvalue weighted by Gasteiger charge is -2.23. The smallest absolute Gasteiger partial charge is 0.407 e. The Morgan fingerprint density at radius 3 is 2.09 bits per heavy atom. The molecule has 0 fully saturated rings. The molecule has 0 saturated carbocycles. The first-order chi connectivity index (χ1) is 16.5. The molecule has 2 aromatic carbocycles. The van der Waals surface area contributed by atoms with E-state index in [-0.39, 0.29) is 25.5 Å². The van der Waals surface area contributed by atoms with Crippen molar-refractivity contribution >= 4 is 23.9 Å². The summed E-state index contributed by atoms with van der Waals surface area (Å²) < 4.78 is 10.6. The molecular weight excluding hydrogens is 452 g/mol. The van der Waals surface area contributed by atoms with Crippen LogP contribution < -0.4 is 10.6 Å². The molecule has 0 saturated heterocycles. The van der Waals surface area contributed by atoms with Crippen molar-refractivity contribution in [1.82, 2.24) is 10.6 Å². The minimum atomic E-state index is -1.33. The van der Waals surface area contributed by atoms with Crippen LogP contribution in [0.15, 0.2) is 48.5 Å². The second kappa shape index (κ2) is 11.0. The molecule has 35 heavy (non-hydrogen) atoms. The highest BCUT2D eigenvalue weighted by atomic mass is 16.6. The second-order valence-electron chi connectivity index (χ2n) is 9.25. The third kappa shape index (κ3) is 7.05. The number of hydrogen-bond donors (Lipinski definition) is 3. The van der Waals surface area contributed by atoms with Crippen LogP contribution in [0.3, 0.4) is 0 Å². The van der Waals surface area contributed by atoms with Crippen molar-refractivity contribution in [3.63, 3.8) is 0 Å². The fraction of sp³-hybridized carbons (Fsp3) is 0.385. The van der Waals surface area contributed by atoms with Crippen molar-refractivity contribution in [3.05, 3.63) is 59.7 Å². The number of carboxylic acid groups (broad SMARTS) is 1. The number of alkyl carbamates (subject to hydrolysis) is 1. The van der Waals surface area contributed by atoms with Gasteiger partial charge < -0.3 is 25.2 Å². The highest BCUT2D eigenvalue weighted by molar-refractivity contribution is 5.88. The zero-order chi connectivity index (χ0) is 25.6. The lowest BCUT2D eigenvalue weighted by atomic mass is 9.98. The maximum atomic E-state index is 12.2. The zero-order valence-electron chi connectivity index (χ0n) is 20.0. The Hall–Kier alpha value is -3.88. The Labute approximate surface area is 203 Å². The van der Waals surface area contributed by atoms with Crippen molar-refractivity contribution in [2.45, 2.75) is 51.2 Å². The number of esters is 1. The number of fused-ring (bicyclic) bond motifs is 3. The van der Waals surface area contributed by atoms with E-state index in [4.69, 9.17) is 14.6 Å². The Morgan fingerprint density at radius 1 is 0.971 bits per heavy atom. The first kappa shape index (κ1) is 25.7. The van der Waals surface area contributed by atoms with E-state index in [0.717, 1.165) is 22.3 Å². The van der Waals surface area contributed by atoms with Gasteiger partial charge in [-0.25, -0.2) is 9.59 Å². The molecule has 2 aromatic rings. The molecule has 0 aromatic heterocycles. The summed E-state index contributed by atoms with van der Waals surface area (Å²) in [6.45, 7) is 5.02. The number of ether oxygens (including phenoxy) is 2. The third-order valence-electron chi connectivity index (χ3n) is 5.37. The van der Waals surface area contributed by atoms with Crippen LogP contribution in [0.25, 0.3) is 11.1 Å². The summed E-state index contributed by atoms with van der Waals surface area (Å²) in [5.41, 5.74) is 3.59. The van der Waals surface area contributed by atoms with Crippen molar-refractivity contribution in [2.24, 2.45) is 0 Å². The van der Waals surface area contributed by atoms with Crippen LogP contribution in [0.1, 0.15) is 50.7 Å². The molecule has 0 heterocycles. The standard InChI is InChI=1S/C26H30N2O7/c1-26(2,3)35-24(32)21(14-23(30)31)28-22(29)12-13-27-25(33)34-15-20-18-10-6-4-8-16(18)17-9-5-7-11-19(17)20/h4-11,20-21H,12-15H2,1-3H3,(H,27,33)(H,28,29)(H,30,31)/t21-/m0/s1. The van der Waals surface area contributed by atoms with Gasteiger partial charge in [-0.3, -0.25) is 9.59 Å². The van der Waals surface area contributed by atoms with Gasteiger partial charge in [-0.05, 0) is 43.0 Å². The predicted molar refractivity (Wildman–Crippen MR) is 128 cm³/mol. The fourth-order valence-corrected chi connectivity index (χ4v) is 3.93. The zero-order valence-corrected chi connectivity index (χ0v) is 20.0. The van der Waals surface area contributed by atoms with Gasteiger partial charge in [0.1, 0.15) is 18.2 Å². The topological polar surface area (TPSA) is 131 Å². The normalized spacial score (nSPS) is 13.2. The molecular formula is C26H30N2O7. The molecule has 0 radical (unpaired) electrons. The summed E-state index contributed by atoms with van der Waals surface area (Å²) in [5.74, 6) is -2.77. The number of carboxylic acids is 1. The number of carbonyl (C=O) groups excluding carboxylic acids is 3. The van der Waals surface area contributed by atoms with Crippen LogP contribution in [-0.4, -0.2) is 53.8 Å². The quantitative estimate of drug-likeness (QED) is 0.468. The highest BCUT2D eigenvalue weighted by Crippen LogP contribution is 2.44. The van der Waals surface area contributed by atoms with E-state index in [1.807, 2.05) is 48.5 Å². The SMILES string of the molecule is CC(C)(C)OC(=O)[C@H](CC(=O)O)NC(=O)CCNC(=O)OCC1c2ccccc2-c2ccccc21. The van der Waals surface area contributed by atoms with Crippen LogP contribution in [0.5, 0.6) is 0 Å². The molecule has 3 rings (SSSR count). The fourth-order valence-electron chi connectivity index (χ4n) is 3.93. The maximum Gasteiger partial charge on any atom is 0.407 e. The van der Waals surface area contributed by atoms with E-state index in [9.17, 15) is 19.2 Å². The molecule has 0 spiro atoms. The van der Waals surface area contributed by atoms with Gasteiger partial charge in [-0.15, -0.1) is 0 Å². The minimum Gasteiger partial charge on any atom is -0.481 e. The number of benzene rings is 2. The lowest BCUT2D eigenvalue weighted by molar-refractivity contribution is -0.161. The first-order valence-electron chi connectivity index (χ1n) is 11.4. The van der Waals surface area contributed by atoms with Gasteiger partial charge in [0.05, 0.1) is 6.42 Å². The minimum absolute atomic E-state index is 0.0450. The monoisotopic (exact) mass is 482 g/mol. The molecule has 186 valence electrons. The number of nitrogens with one attached hydrogen (secondary N) is 2. The number of carbonyl (C=O) groups is 4. The molecule has 1 atom stereocenters. The van der Waals surface area contributed by atoms with Gasteiger partial charge in [-0.1, -0.05) is 48.5 Å². The van der Waals surface area contributed by atoms with E-state index >= 15 is 0 Å². The Morgan fingerprint density at radius 2 is 1.54 bits per heavy atom. The van der Waals surface area contributed by atoms with Crippen molar-refractivity contribution in [2.75, 3.05) is 13.2 Å². The Balaban J connectivity index is 1.47. The number of aliphatic carboxylic acids is 1. The average Bonchev–Trinajstić information content (AvgIpc) is 3.09. The summed E-state index contributed by atoms with van der Waals surface area (Å²) >= 11 is 0. The number of hydrogen-bond acceptors (Lipinski definition) is 6. The molecule has 1 aliphatic rings.